The van der Waals surface area contributed by atoms with E-state index in [-0.39, 0.29) is 11.7 Å². The third kappa shape index (κ3) is 3.22. The summed E-state index contributed by atoms with van der Waals surface area (Å²) in [5.74, 6) is 0.739. The van der Waals surface area contributed by atoms with Crippen LogP contribution >= 0.6 is 0 Å². The van der Waals surface area contributed by atoms with Crippen molar-refractivity contribution in [1.82, 2.24) is 4.57 Å². The van der Waals surface area contributed by atoms with E-state index in [1.54, 1.807) is 31.5 Å². The lowest BCUT2D eigenvalue weighted by Crippen LogP contribution is -2.31. The third-order valence-corrected chi connectivity index (χ3v) is 3.49. The topological polar surface area (TPSA) is 51.5 Å². The van der Waals surface area contributed by atoms with Gasteiger partial charge in [0.2, 0.25) is 0 Å². The zero-order valence-corrected chi connectivity index (χ0v) is 13.8. The Morgan fingerprint density at radius 2 is 1.77 bits per heavy atom. The standard InChI is InChI=1S/C18H23NO3/c1-12(2)22-16-9-7-6-8-13(16)15-11-10-14(18(3,4)21)17(20)19(15)5/h6-12,21H,1-5H3. The fourth-order valence-corrected chi connectivity index (χ4v) is 2.41. The molecule has 0 aliphatic heterocycles. The quantitative estimate of drug-likeness (QED) is 0.944. The Kier molecular flexibility index (Phi) is 4.42. The molecule has 0 saturated carbocycles. The van der Waals surface area contributed by atoms with Gasteiger partial charge in [-0.1, -0.05) is 12.1 Å². The highest BCUT2D eigenvalue weighted by Crippen LogP contribution is 2.30. The predicted octanol–water partition coefficient (Wildman–Crippen LogP) is 3.07. The van der Waals surface area contributed by atoms with Gasteiger partial charge in [0.1, 0.15) is 5.75 Å². The van der Waals surface area contributed by atoms with Gasteiger partial charge in [-0.25, -0.2) is 0 Å². The Balaban J connectivity index is 2.61. The number of pyridine rings is 1. The van der Waals surface area contributed by atoms with E-state index in [1.807, 2.05) is 44.2 Å². The van der Waals surface area contributed by atoms with E-state index in [0.717, 1.165) is 17.0 Å². The van der Waals surface area contributed by atoms with Crippen LogP contribution in [0.1, 0.15) is 33.3 Å². The minimum atomic E-state index is -1.17. The van der Waals surface area contributed by atoms with Crippen LogP contribution in [0.25, 0.3) is 11.3 Å². The first-order chi connectivity index (χ1) is 10.2. The molecule has 22 heavy (non-hydrogen) atoms. The number of rotatable bonds is 4. The molecule has 1 aromatic carbocycles. The molecule has 2 rings (SSSR count). The first-order valence-electron chi connectivity index (χ1n) is 7.40. The van der Waals surface area contributed by atoms with Gasteiger partial charge in [0.05, 0.1) is 17.4 Å². The second kappa shape index (κ2) is 5.97. The van der Waals surface area contributed by atoms with Crippen LogP contribution in [-0.2, 0) is 12.6 Å². The molecule has 0 fully saturated rings. The van der Waals surface area contributed by atoms with Crippen molar-refractivity contribution in [2.45, 2.75) is 39.4 Å². The van der Waals surface area contributed by atoms with Crippen molar-refractivity contribution in [1.29, 1.82) is 0 Å². The van der Waals surface area contributed by atoms with E-state index < -0.39 is 5.60 Å². The summed E-state index contributed by atoms with van der Waals surface area (Å²) in [7, 11) is 1.71. The summed E-state index contributed by atoms with van der Waals surface area (Å²) in [6.07, 6.45) is 0.0498. The van der Waals surface area contributed by atoms with Crippen molar-refractivity contribution in [3.63, 3.8) is 0 Å². The number of aromatic nitrogens is 1. The molecule has 4 heteroatoms. The monoisotopic (exact) mass is 301 g/mol. The van der Waals surface area contributed by atoms with Gasteiger partial charge in [-0.15, -0.1) is 0 Å². The average Bonchev–Trinajstić information content (AvgIpc) is 2.41. The van der Waals surface area contributed by atoms with Gasteiger partial charge in [0.15, 0.2) is 0 Å². The molecule has 2 aromatic rings. The van der Waals surface area contributed by atoms with Crippen LogP contribution in [0.2, 0.25) is 0 Å². The highest BCUT2D eigenvalue weighted by Gasteiger charge is 2.22. The molecule has 0 bridgehead atoms. The summed E-state index contributed by atoms with van der Waals surface area (Å²) in [4.78, 5) is 12.5. The predicted molar refractivity (Wildman–Crippen MR) is 88.1 cm³/mol. The number of hydrogen-bond donors (Lipinski definition) is 1. The second-order valence-electron chi connectivity index (χ2n) is 6.22. The van der Waals surface area contributed by atoms with Gasteiger partial charge < -0.3 is 14.4 Å². The van der Waals surface area contributed by atoms with Crippen LogP contribution in [0.15, 0.2) is 41.2 Å². The largest absolute Gasteiger partial charge is 0.490 e. The summed E-state index contributed by atoms with van der Waals surface area (Å²) in [6.45, 7) is 7.15. The minimum absolute atomic E-state index is 0.0498. The number of nitrogens with zero attached hydrogens (tertiary/aromatic N) is 1. The van der Waals surface area contributed by atoms with Crippen LogP contribution in [-0.4, -0.2) is 15.8 Å². The molecule has 0 atom stereocenters. The molecule has 0 spiro atoms. The molecule has 118 valence electrons. The van der Waals surface area contributed by atoms with Crippen molar-refractivity contribution < 1.29 is 9.84 Å². The first-order valence-corrected chi connectivity index (χ1v) is 7.40. The fourth-order valence-electron chi connectivity index (χ4n) is 2.41. The smallest absolute Gasteiger partial charge is 0.256 e. The van der Waals surface area contributed by atoms with Crippen LogP contribution in [0, 0.1) is 0 Å². The lowest BCUT2D eigenvalue weighted by Gasteiger charge is -2.20. The summed E-state index contributed by atoms with van der Waals surface area (Å²) in [6, 6.07) is 11.2. The Bertz CT molecular complexity index is 724. The molecule has 1 N–H and O–H groups in total. The molecular formula is C18H23NO3. The molecule has 0 aliphatic carbocycles. The normalized spacial score (nSPS) is 11.8. The zero-order chi connectivity index (χ0) is 16.5. The van der Waals surface area contributed by atoms with E-state index in [4.69, 9.17) is 4.74 Å². The van der Waals surface area contributed by atoms with E-state index in [2.05, 4.69) is 0 Å². The van der Waals surface area contributed by atoms with Crippen LogP contribution in [0.3, 0.4) is 0 Å². The Morgan fingerprint density at radius 1 is 1.14 bits per heavy atom. The van der Waals surface area contributed by atoms with Gasteiger partial charge in [0, 0.05) is 18.2 Å². The van der Waals surface area contributed by atoms with Gasteiger partial charge in [0.25, 0.3) is 5.56 Å². The van der Waals surface area contributed by atoms with Crippen molar-refractivity contribution in [2.24, 2.45) is 7.05 Å². The van der Waals surface area contributed by atoms with E-state index >= 15 is 0 Å². The van der Waals surface area contributed by atoms with Crippen molar-refractivity contribution >= 4 is 0 Å². The Labute approximate surface area is 131 Å². The molecule has 1 aromatic heterocycles. The van der Waals surface area contributed by atoms with Gasteiger partial charge in [-0.05, 0) is 52.0 Å². The zero-order valence-electron chi connectivity index (χ0n) is 13.8. The maximum Gasteiger partial charge on any atom is 0.256 e. The maximum atomic E-state index is 12.5. The van der Waals surface area contributed by atoms with Crippen molar-refractivity contribution in [3.05, 3.63) is 52.3 Å². The number of hydrogen-bond acceptors (Lipinski definition) is 3. The third-order valence-electron chi connectivity index (χ3n) is 3.49. The highest BCUT2D eigenvalue weighted by atomic mass is 16.5. The van der Waals surface area contributed by atoms with E-state index in [0.29, 0.717) is 5.56 Å². The molecule has 0 amide bonds. The summed E-state index contributed by atoms with van der Waals surface area (Å²) in [5, 5.41) is 10.1. The van der Waals surface area contributed by atoms with Gasteiger partial charge in [-0.3, -0.25) is 4.79 Å². The molecule has 4 nitrogen and oxygen atoms in total. The number of benzene rings is 1. The SMILES string of the molecule is CC(C)Oc1ccccc1-c1ccc(C(C)(C)O)c(=O)n1C. The first kappa shape index (κ1) is 16.3. The highest BCUT2D eigenvalue weighted by molar-refractivity contribution is 5.67. The molecule has 0 radical (unpaired) electrons. The maximum absolute atomic E-state index is 12.5. The van der Waals surface area contributed by atoms with E-state index in [9.17, 15) is 9.90 Å². The molecule has 1 heterocycles. The number of aliphatic hydroxyl groups is 1. The molecular weight excluding hydrogens is 278 g/mol. The van der Waals surface area contributed by atoms with Crippen LogP contribution in [0.4, 0.5) is 0 Å². The van der Waals surface area contributed by atoms with Crippen LogP contribution < -0.4 is 10.3 Å². The summed E-state index contributed by atoms with van der Waals surface area (Å²) >= 11 is 0. The second-order valence-corrected chi connectivity index (χ2v) is 6.22. The molecule has 0 unspecified atom stereocenters. The Morgan fingerprint density at radius 3 is 2.36 bits per heavy atom. The summed E-state index contributed by atoms with van der Waals surface area (Å²) < 4.78 is 7.38. The molecule has 0 aliphatic rings. The average molecular weight is 301 g/mol. The lowest BCUT2D eigenvalue weighted by molar-refractivity contribution is 0.0766. The van der Waals surface area contributed by atoms with Gasteiger partial charge in [-0.2, -0.15) is 0 Å². The Hall–Kier alpha value is -2.07. The molecule has 0 saturated heterocycles. The van der Waals surface area contributed by atoms with Crippen LogP contribution in [0.5, 0.6) is 5.75 Å². The van der Waals surface area contributed by atoms with Crippen molar-refractivity contribution in [3.8, 4) is 17.0 Å². The van der Waals surface area contributed by atoms with E-state index in [1.165, 1.54) is 0 Å². The fraction of sp³-hybridized carbons (Fsp3) is 0.389. The number of para-hydroxylation sites is 1. The summed E-state index contributed by atoms with van der Waals surface area (Å²) in [5.41, 5.74) is 0.624. The van der Waals surface area contributed by atoms with Crippen molar-refractivity contribution in [2.75, 3.05) is 0 Å². The van der Waals surface area contributed by atoms with Gasteiger partial charge >= 0.3 is 0 Å². The number of ether oxygens (including phenoxy) is 1. The minimum Gasteiger partial charge on any atom is -0.490 e. The lowest BCUT2D eigenvalue weighted by atomic mass is 9.98.